The molecule has 6 nitrogen and oxygen atoms in total. The highest BCUT2D eigenvalue weighted by Gasteiger charge is 2.32. The van der Waals surface area contributed by atoms with E-state index in [1.54, 1.807) is 17.0 Å². The summed E-state index contributed by atoms with van der Waals surface area (Å²) in [5.41, 5.74) is 0. The molecule has 3 rings (SSSR count). The van der Waals surface area contributed by atoms with Gasteiger partial charge in [-0.25, -0.2) is 4.79 Å². The Morgan fingerprint density at radius 3 is 2.87 bits per heavy atom. The topological polar surface area (TPSA) is 67.9 Å². The molecular formula is C16H16N2O4S. The van der Waals surface area contributed by atoms with Crippen LogP contribution in [-0.4, -0.2) is 37.8 Å². The third-order valence-corrected chi connectivity index (χ3v) is 4.18. The highest BCUT2D eigenvalue weighted by molar-refractivity contribution is 7.14. The van der Waals surface area contributed by atoms with Gasteiger partial charge in [-0.15, -0.1) is 11.3 Å². The van der Waals surface area contributed by atoms with Crippen molar-refractivity contribution in [1.29, 1.82) is 0 Å². The summed E-state index contributed by atoms with van der Waals surface area (Å²) in [5, 5.41) is 5.46. The molecule has 1 aromatic carbocycles. The second-order valence-electron chi connectivity index (χ2n) is 4.97. The Hall–Kier alpha value is -2.54. The van der Waals surface area contributed by atoms with Crippen LogP contribution in [0.4, 0.5) is 9.80 Å². The first-order chi connectivity index (χ1) is 11.2. The summed E-state index contributed by atoms with van der Waals surface area (Å²) >= 11 is 1.47. The summed E-state index contributed by atoms with van der Waals surface area (Å²) in [7, 11) is 0. The summed E-state index contributed by atoms with van der Waals surface area (Å²) in [4.78, 5) is 25.2. The van der Waals surface area contributed by atoms with Gasteiger partial charge in [0, 0.05) is 0 Å². The molecule has 0 spiro atoms. The lowest BCUT2D eigenvalue weighted by Crippen LogP contribution is -2.37. The lowest BCUT2D eigenvalue weighted by molar-refractivity contribution is -0.123. The van der Waals surface area contributed by atoms with Gasteiger partial charge in [-0.1, -0.05) is 18.2 Å². The number of carbonyl (C=O) groups excluding carboxylic acids is 2. The molecule has 1 aromatic heterocycles. The summed E-state index contributed by atoms with van der Waals surface area (Å²) in [6.45, 7) is 0.628. The fourth-order valence-corrected chi connectivity index (χ4v) is 2.91. The van der Waals surface area contributed by atoms with Crippen LogP contribution < -0.4 is 15.0 Å². The number of thiophene rings is 1. The van der Waals surface area contributed by atoms with Gasteiger partial charge in [0.15, 0.2) is 6.61 Å². The second kappa shape index (κ2) is 7.15. The Balaban J connectivity index is 1.42. The number of para-hydroxylation sites is 1. The molecule has 120 valence electrons. The van der Waals surface area contributed by atoms with Crippen molar-refractivity contribution < 1.29 is 19.1 Å². The average molecular weight is 332 g/mol. The standard InChI is InChI=1S/C16H16N2O4S/c19-14(11-21-12-5-2-1-3-6-12)17-9-13-10-18(16(20)22-13)15-7-4-8-23-15/h1-8,13H,9-11H2,(H,17,19). The highest BCUT2D eigenvalue weighted by atomic mass is 32.1. The predicted octanol–water partition coefficient (Wildman–Crippen LogP) is 2.27. The smallest absolute Gasteiger partial charge is 0.415 e. The van der Waals surface area contributed by atoms with E-state index in [-0.39, 0.29) is 31.3 Å². The number of nitrogens with zero attached hydrogens (tertiary/aromatic N) is 1. The van der Waals surface area contributed by atoms with Crippen molar-refractivity contribution in [1.82, 2.24) is 5.32 Å². The fraction of sp³-hybridized carbons (Fsp3) is 0.250. The first-order valence-corrected chi connectivity index (χ1v) is 8.06. The van der Waals surface area contributed by atoms with E-state index < -0.39 is 0 Å². The number of carbonyl (C=O) groups is 2. The van der Waals surface area contributed by atoms with Gasteiger partial charge in [-0.2, -0.15) is 0 Å². The minimum absolute atomic E-state index is 0.0701. The van der Waals surface area contributed by atoms with Crippen LogP contribution in [-0.2, 0) is 9.53 Å². The number of ether oxygens (including phenoxy) is 2. The maximum atomic E-state index is 11.8. The molecule has 0 bridgehead atoms. The Kier molecular flexibility index (Phi) is 4.77. The monoisotopic (exact) mass is 332 g/mol. The van der Waals surface area contributed by atoms with Gasteiger partial charge in [0.05, 0.1) is 13.1 Å². The molecule has 2 aromatic rings. The molecule has 1 aliphatic heterocycles. The van der Waals surface area contributed by atoms with Crippen molar-refractivity contribution in [2.75, 3.05) is 24.6 Å². The molecule has 0 saturated carbocycles. The van der Waals surface area contributed by atoms with Gasteiger partial charge in [0.25, 0.3) is 5.91 Å². The Bertz CT molecular complexity index is 660. The Labute approximate surface area is 137 Å². The second-order valence-corrected chi connectivity index (χ2v) is 5.90. The largest absolute Gasteiger partial charge is 0.484 e. The molecule has 7 heteroatoms. The summed E-state index contributed by atoms with van der Waals surface area (Å²) in [6, 6.07) is 12.9. The van der Waals surface area contributed by atoms with E-state index in [9.17, 15) is 9.59 Å². The third kappa shape index (κ3) is 4.01. The highest BCUT2D eigenvalue weighted by Crippen LogP contribution is 2.25. The molecule has 0 radical (unpaired) electrons. The van der Waals surface area contributed by atoms with Gasteiger partial charge in [0.1, 0.15) is 16.9 Å². The first kappa shape index (κ1) is 15.4. The molecule has 1 saturated heterocycles. The molecule has 1 fully saturated rings. The van der Waals surface area contributed by atoms with Crippen molar-refractivity contribution in [3.63, 3.8) is 0 Å². The molecule has 1 aliphatic rings. The van der Waals surface area contributed by atoms with Crippen LogP contribution in [0, 0.1) is 0 Å². The number of amides is 2. The number of rotatable bonds is 6. The minimum Gasteiger partial charge on any atom is -0.484 e. The van der Waals surface area contributed by atoms with E-state index in [0.717, 1.165) is 5.00 Å². The number of nitrogens with one attached hydrogen (secondary N) is 1. The normalized spacial score (nSPS) is 17.0. The quantitative estimate of drug-likeness (QED) is 0.881. The van der Waals surface area contributed by atoms with Crippen LogP contribution in [0.15, 0.2) is 47.8 Å². The maximum absolute atomic E-state index is 11.8. The van der Waals surface area contributed by atoms with Gasteiger partial charge in [-0.05, 0) is 29.6 Å². The van der Waals surface area contributed by atoms with Crippen LogP contribution in [0.1, 0.15) is 0 Å². The van der Waals surface area contributed by atoms with E-state index in [0.29, 0.717) is 12.3 Å². The zero-order valence-electron chi connectivity index (χ0n) is 12.3. The van der Waals surface area contributed by atoms with Crippen molar-refractivity contribution in [3.05, 3.63) is 47.8 Å². The Morgan fingerprint density at radius 2 is 2.13 bits per heavy atom. The molecule has 23 heavy (non-hydrogen) atoms. The van der Waals surface area contributed by atoms with E-state index in [1.165, 1.54) is 11.3 Å². The van der Waals surface area contributed by atoms with E-state index in [4.69, 9.17) is 9.47 Å². The molecule has 1 N–H and O–H groups in total. The lowest BCUT2D eigenvalue weighted by atomic mass is 10.3. The molecule has 1 atom stereocenters. The summed E-state index contributed by atoms with van der Waals surface area (Å²) in [6.07, 6.45) is -0.738. The van der Waals surface area contributed by atoms with Crippen LogP contribution in [0.2, 0.25) is 0 Å². The van der Waals surface area contributed by atoms with Gasteiger partial charge in [0.2, 0.25) is 0 Å². The fourth-order valence-electron chi connectivity index (χ4n) is 2.18. The molecule has 0 aliphatic carbocycles. The third-order valence-electron chi connectivity index (χ3n) is 3.29. The van der Waals surface area contributed by atoms with E-state index in [2.05, 4.69) is 5.32 Å². The molecule has 2 amide bonds. The van der Waals surface area contributed by atoms with Gasteiger partial charge >= 0.3 is 6.09 Å². The van der Waals surface area contributed by atoms with Gasteiger partial charge in [-0.3, -0.25) is 9.69 Å². The van der Waals surface area contributed by atoms with Crippen LogP contribution in [0.25, 0.3) is 0 Å². The number of anilines is 1. The number of benzene rings is 1. The Morgan fingerprint density at radius 1 is 1.30 bits per heavy atom. The summed E-state index contributed by atoms with van der Waals surface area (Å²) < 4.78 is 10.6. The van der Waals surface area contributed by atoms with Crippen molar-refractivity contribution in [2.45, 2.75) is 6.10 Å². The SMILES string of the molecule is O=C(COc1ccccc1)NCC1CN(c2cccs2)C(=O)O1. The van der Waals surface area contributed by atoms with Crippen LogP contribution in [0.3, 0.4) is 0 Å². The number of hydrogen-bond acceptors (Lipinski definition) is 5. The van der Waals surface area contributed by atoms with Crippen LogP contribution in [0.5, 0.6) is 5.75 Å². The maximum Gasteiger partial charge on any atom is 0.415 e. The van der Waals surface area contributed by atoms with E-state index >= 15 is 0 Å². The lowest BCUT2D eigenvalue weighted by Gasteiger charge is -2.11. The van der Waals surface area contributed by atoms with Crippen molar-refractivity contribution in [3.8, 4) is 5.75 Å². The zero-order valence-corrected chi connectivity index (χ0v) is 13.1. The van der Waals surface area contributed by atoms with Crippen LogP contribution >= 0.6 is 11.3 Å². The predicted molar refractivity (Wildman–Crippen MR) is 86.9 cm³/mol. The number of cyclic esters (lactones) is 1. The summed E-state index contributed by atoms with van der Waals surface area (Å²) in [5.74, 6) is 0.387. The zero-order chi connectivity index (χ0) is 16.1. The van der Waals surface area contributed by atoms with Crippen molar-refractivity contribution in [2.24, 2.45) is 0 Å². The van der Waals surface area contributed by atoms with Gasteiger partial charge < -0.3 is 14.8 Å². The molecular weight excluding hydrogens is 316 g/mol. The van der Waals surface area contributed by atoms with E-state index in [1.807, 2.05) is 35.7 Å². The molecule has 1 unspecified atom stereocenters. The minimum atomic E-state index is -0.382. The average Bonchev–Trinajstić information content (AvgIpc) is 3.21. The number of hydrogen-bond donors (Lipinski definition) is 1. The first-order valence-electron chi connectivity index (χ1n) is 7.18. The molecule has 2 heterocycles. The van der Waals surface area contributed by atoms with Crippen molar-refractivity contribution >= 4 is 28.3 Å².